The summed E-state index contributed by atoms with van der Waals surface area (Å²) in [5.41, 5.74) is 0.259. The number of alkyl carbamates (subject to hydrolysis) is 1. The summed E-state index contributed by atoms with van der Waals surface area (Å²) in [7, 11) is 0. The minimum Gasteiger partial charge on any atom is -0.450 e. The summed E-state index contributed by atoms with van der Waals surface area (Å²) in [6.45, 7) is 1.69. The number of nitrogens with one attached hydrogen (secondary N) is 1. The number of amides is 2. The second-order valence-corrected chi connectivity index (χ2v) is 3.57. The third-order valence-electron chi connectivity index (χ3n) is 2.10. The zero-order valence-corrected chi connectivity index (χ0v) is 10.7. The first-order valence-corrected chi connectivity index (χ1v) is 5.73. The molecule has 6 nitrogen and oxygen atoms in total. The molecular weight excluding hydrogens is 265 g/mol. The van der Waals surface area contributed by atoms with Gasteiger partial charge in [0.15, 0.2) is 5.92 Å². The van der Waals surface area contributed by atoms with Gasteiger partial charge in [0.05, 0.1) is 18.4 Å². The van der Waals surface area contributed by atoms with Gasteiger partial charge in [0.1, 0.15) is 5.82 Å². The van der Waals surface area contributed by atoms with E-state index in [0.29, 0.717) is 0 Å². The number of hydrogen-bond donors (Lipinski definition) is 1. The van der Waals surface area contributed by atoms with E-state index in [1.165, 1.54) is 18.2 Å². The van der Waals surface area contributed by atoms with Crippen molar-refractivity contribution in [2.75, 3.05) is 6.61 Å². The Kier molecular flexibility index (Phi) is 5.84. The molecule has 0 bridgehead atoms. The Morgan fingerprint density at radius 1 is 1.60 bits per heavy atom. The van der Waals surface area contributed by atoms with Gasteiger partial charge in [0.2, 0.25) is 0 Å². The number of ether oxygens (including phenoxy) is 1. The van der Waals surface area contributed by atoms with E-state index in [2.05, 4.69) is 9.73 Å². The number of nitrogens with zero attached hydrogens (tertiary/aromatic N) is 2. The van der Waals surface area contributed by atoms with Crippen molar-refractivity contribution in [2.45, 2.75) is 6.92 Å². The number of aliphatic imine (C=N–C) groups is 1. The van der Waals surface area contributed by atoms with Crippen LogP contribution in [0.2, 0.25) is 0 Å². The van der Waals surface area contributed by atoms with E-state index < -0.39 is 23.7 Å². The SMILES string of the molecule is CCOC(=O)NC(=O)C(C#N)C=Nc1cccc(F)c1. The van der Waals surface area contributed by atoms with Crippen LogP contribution in [0.25, 0.3) is 0 Å². The number of carbonyl (C=O) groups is 2. The van der Waals surface area contributed by atoms with E-state index in [1.54, 1.807) is 13.0 Å². The highest BCUT2D eigenvalue weighted by atomic mass is 19.1. The molecule has 0 spiro atoms. The lowest BCUT2D eigenvalue weighted by molar-refractivity contribution is -0.121. The van der Waals surface area contributed by atoms with Gasteiger partial charge in [-0.05, 0) is 25.1 Å². The van der Waals surface area contributed by atoms with Crippen LogP contribution in [0, 0.1) is 23.1 Å². The van der Waals surface area contributed by atoms with E-state index in [0.717, 1.165) is 12.3 Å². The molecule has 0 aliphatic rings. The first kappa shape index (κ1) is 15.3. The highest BCUT2D eigenvalue weighted by Crippen LogP contribution is 2.12. The molecule has 0 aromatic heterocycles. The van der Waals surface area contributed by atoms with Crippen molar-refractivity contribution in [1.29, 1.82) is 5.26 Å². The predicted octanol–water partition coefficient (Wildman–Crippen LogP) is 1.94. The smallest absolute Gasteiger partial charge is 0.413 e. The van der Waals surface area contributed by atoms with Gasteiger partial charge >= 0.3 is 6.09 Å². The largest absolute Gasteiger partial charge is 0.450 e. The number of imide groups is 1. The lowest BCUT2D eigenvalue weighted by atomic mass is 10.2. The van der Waals surface area contributed by atoms with Crippen LogP contribution in [-0.4, -0.2) is 24.8 Å². The summed E-state index contributed by atoms with van der Waals surface area (Å²) in [6.07, 6.45) is 0.0977. The molecule has 1 aromatic rings. The number of carbonyl (C=O) groups excluding carboxylic acids is 2. The summed E-state index contributed by atoms with van der Waals surface area (Å²) >= 11 is 0. The Bertz CT molecular complexity index is 566. The lowest BCUT2D eigenvalue weighted by Gasteiger charge is -2.05. The molecule has 20 heavy (non-hydrogen) atoms. The first-order valence-electron chi connectivity index (χ1n) is 5.73. The summed E-state index contributed by atoms with van der Waals surface area (Å²) in [6, 6.07) is 7.02. The Balaban J connectivity index is 2.70. The standard InChI is InChI=1S/C13H12FN3O3/c1-2-20-13(19)17-12(18)9(7-15)8-16-11-5-3-4-10(14)6-11/h3-6,8-9H,2H2,1H3,(H,17,18,19). The van der Waals surface area contributed by atoms with Crippen LogP contribution in [0.5, 0.6) is 0 Å². The molecule has 0 saturated heterocycles. The first-order chi connectivity index (χ1) is 9.56. The molecule has 0 saturated carbocycles. The second-order valence-electron chi connectivity index (χ2n) is 3.57. The molecular formula is C13H12FN3O3. The fourth-order valence-electron chi connectivity index (χ4n) is 1.22. The van der Waals surface area contributed by atoms with Crippen LogP contribution >= 0.6 is 0 Å². The maximum Gasteiger partial charge on any atom is 0.413 e. The van der Waals surface area contributed by atoms with Gasteiger partial charge in [-0.15, -0.1) is 0 Å². The molecule has 2 amide bonds. The van der Waals surface area contributed by atoms with E-state index in [4.69, 9.17) is 5.26 Å². The molecule has 104 valence electrons. The molecule has 0 aliphatic heterocycles. The molecule has 1 unspecified atom stereocenters. The lowest BCUT2D eigenvalue weighted by Crippen LogP contribution is -2.36. The van der Waals surface area contributed by atoms with Gasteiger partial charge in [-0.2, -0.15) is 5.26 Å². The highest BCUT2D eigenvalue weighted by Gasteiger charge is 2.18. The molecule has 1 atom stereocenters. The van der Waals surface area contributed by atoms with Crippen LogP contribution in [0.4, 0.5) is 14.9 Å². The van der Waals surface area contributed by atoms with Crippen molar-refractivity contribution in [3.63, 3.8) is 0 Å². The minimum atomic E-state index is -1.28. The van der Waals surface area contributed by atoms with Gasteiger partial charge in [0.25, 0.3) is 5.91 Å². The average molecular weight is 277 g/mol. The van der Waals surface area contributed by atoms with Crippen molar-refractivity contribution >= 4 is 23.9 Å². The fourth-order valence-corrected chi connectivity index (χ4v) is 1.22. The Morgan fingerprint density at radius 3 is 2.95 bits per heavy atom. The van der Waals surface area contributed by atoms with Gasteiger partial charge in [-0.25, -0.2) is 9.18 Å². The normalized spacial score (nSPS) is 11.7. The predicted molar refractivity (Wildman–Crippen MR) is 68.8 cm³/mol. The van der Waals surface area contributed by atoms with Crippen LogP contribution < -0.4 is 5.32 Å². The molecule has 1 N–H and O–H groups in total. The van der Waals surface area contributed by atoms with Crippen LogP contribution in [0.3, 0.4) is 0 Å². The zero-order chi connectivity index (χ0) is 15.0. The molecule has 7 heteroatoms. The van der Waals surface area contributed by atoms with Gasteiger partial charge in [-0.1, -0.05) is 6.07 Å². The third-order valence-corrected chi connectivity index (χ3v) is 2.10. The quantitative estimate of drug-likeness (QED) is 0.851. The van der Waals surface area contributed by atoms with Gasteiger partial charge < -0.3 is 4.74 Å². The Morgan fingerprint density at radius 2 is 2.35 bits per heavy atom. The van der Waals surface area contributed by atoms with Crippen molar-refractivity contribution in [1.82, 2.24) is 5.32 Å². The molecule has 1 aromatic carbocycles. The fraction of sp³-hybridized carbons (Fsp3) is 0.231. The summed E-state index contributed by atoms with van der Waals surface area (Å²) < 4.78 is 17.4. The van der Waals surface area contributed by atoms with E-state index in [1.807, 2.05) is 5.32 Å². The molecule has 0 aliphatic carbocycles. The summed E-state index contributed by atoms with van der Waals surface area (Å²) in [5.74, 6) is -2.61. The molecule has 0 fully saturated rings. The van der Waals surface area contributed by atoms with Crippen molar-refractivity contribution < 1.29 is 18.7 Å². The number of rotatable bonds is 4. The maximum atomic E-state index is 12.9. The van der Waals surface area contributed by atoms with Crippen molar-refractivity contribution in [2.24, 2.45) is 10.9 Å². The number of benzene rings is 1. The molecule has 0 heterocycles. The van der Waals surface area contributed by atoms with Crippen LogP contribution in [0.1, 0.15) is 6.92 Å². The Labute approximate surface area is 114 Å². The monoisotopic (exact) mass is 277 g/mol. The zero-order valence-electron chi connectivity index (χ0n) is 10.7. The number of halogens is 1. The average Bonchev–Trinajstić information content (AvgIpc) is 2.39. The number of hydrogen-bond acceptors (Lipinski definition) is 5. The summed E-state index contributed by atoms with van der Waals surface area (Å²) in [5, 5.41) is 10.7. The highest BCUT2D eigenvalue weighted by molar-refractivity contribution is 6.03. The van der Waals surface area contributed by atoms with Gasteiger partial charge in [0, 0.05) is 6.21 Å². The molecule has 1 rings (SSSR count). The Hall–Kier alpha value is -2.75. The van der Waals surface area contributed by atoms with Crippen molar-refractivity contribution in [3.8, 4) is 6.07 Å². The topological polar surface area (TPSA) is 91.5 Å². The van der Waals surface area contributed by atoms with Crippen molar-refractivity contribution in [3.05, 3.63) is 30.1 Å². The summed E-state index contributed by atoms with van der Waals surface area (Å²) in [4.78, 5) is 26.4. The van der Waals surface area contributed by atoms with Crippen LogP contribution in [0.15, 0.2) is 29.3 Å². The maximum absolute atomic E-state index is 12.9. The third kappa shape index (κ3) is 4.86. The van der Waals surface area contributed by atoms with E-state index >= 15 is 0 Å². The van der Waals surface area contributed by atoms with E-state index in [9.17, 15) is 14.0 Å². The van der Waals surface area contributed by atoms with Gasteiger partial charge in [-0.3, -0.25) is 15.1 Å². The molecule has 0 radical (unpaired) electrons. The van der Waals surface area contributed by atoms with E-state index in [-0.39, 0.29) is 12.3 Å². The number of nitriles is 1. The minimum absolute atomic E-state index is 0.105. The van der Waals surface area contributed by atoms with Crippen LogP contribution in [-0.2, 0) is 9.53 Å². The second kappa shape index (κ2) is 7.63.